The zero-order valence-electron chi connectivity index (χ0n) is 9.67. The van der Waals surface area contributed by atoms with Gasteiger partial charge in [0.25, 0.3) is 0 Å². The van der Waals surface area contributed by atoms with Crippen LogP contribution in [-0.4, -0.2) is 25.0 Å². The minimum Gasteiger partial charge on any atom is -0.306 e. The Balaban J connectivity index is 1.86. The van der Waals surface area contributed by atoms with Crippen LogP contribution in [-0.2, 0) is 0 Å². The maximum atomic E-state index is 2.55. The van der Waals surface area contributed by atoms with Crippen LogP contribution >= 0.6 is 0 Å². The van der Waals surface area contributed by atoms with Gasteiger partial charge in [-0.15, -0.1) is 0 Å². The highest BCUT2D eigenvalue weighted by atomic mass is 15.1. The molecule has 1 saturated heterocycles. The SMILES string of the molecule is CN1CC2CCCCCCCCC2C1. The molecule has 1 aliphatic heterocycles. The van der Waals surface area contributed by atoms with Gasteiger partial charge >= 0.3 is 0 Å². The zero-order chi connectivity index (χ0) is 9.80. The smallest absolute Gasteiger partial charge is 0.000985 e. The number of hydrogen-bond acceptors (Lipinski definition) is 1. The molecule has 2 atom stereocenters. The Labute approximate surface area is 88.9 Å². The van der Waals surface area contributed by atoms with E-state index in [4.69, 9.17) is 0 Å². The quantitative estimate of drug-likeness (QED) is 0.573. The number of nitrogens with zero attached hydrogens (tertiary/aromatic N) is 1. The second kappa shape index (κ2) is 5.16. The van der Waals surface area contributed by atoms with Gasteiger partial charge in [-0.3, -0.25) is 0 Å². The van der Waals surface area contributed by atoms with Crippen molar-refractivity contribution in [2.24, 2.45) is 11.8 Å². The Hall–Kier alpha value is -0.0400. The highest BCUT2D eigenvalue weighted by Crippen LogP contribution is 2.32. The summed E-state index contributed by atoms with van der Waals surface area (Å²) in [7, 11) is 2.30. The van der Waals surface area contributed by atoms with Crippen LogP contribution in [0.1, 0.15) is 51.4 Å². The number of rotatable bonds is 0. The first-order valence-electron chi connectivity index (χ1n) is 6.55. The molecule has 2 unspecified atom stereocenters. The minimum absolute atomic E-state index is 1.04. The Morgan fingerprint density at radius 3 is 1.64 bits per heavy atom. The van der Waals surface area contributed by atoms with Crippen LogP contribution in [0.15, 0.2) is 0 Å². The molecular weight excluding hydrogens is 170 g/mol. The molecule has 0 aromatic rings. The van der Waals surface area contributed by atoms with Crippen molar-refractivity contribution in [1.82, 2.24) is 4.90 Å². The predicted molar refractivity (Wildman–Crippen MR) is 61.4 cm³/mol. The summed E-state index contributed by atoms with van der Waals surface area (Å²) in [5.74, 6) is 2.08. The van der Waals surface area contributed by atoms with Crippen LogP contribution < -0.4 is 0 Å². The molecule has 0 N–H and O–H groups in total. The molecule has 0 radical (unpaired) electrons. The molecule has 0 aromatic heterocycles. The molecule has 2 fully saturated rings. The average Bonchev–Trinajstić information content (AvgIpc) is 2.52. The fraction of sp³-hybridized carbons (Fsp3) is 1.00. The van der Waals surface area contributed by atoms with E-state index in [0.29, 0.717) is 0 Å². The molecule has 14 heavy (non-hydrogen) atoms. The van der Waals surface area contributed by atoms with Gasteiger partial charge in [-0.1, -0.05) is 38.5 Å². The van der Waals surface area contributed by atoms with Crippen molar-refractivity contribution >= 4 is 0 Å². The van der Waals surface area contributed by atoms with E-state index in [1.807, 2.05) is 0 Å². The number of likely N-dealkylation sites (tertiary alicyclic amines) is 1. The molecule has 1 aliphatic carbocycles. The molecule has 1 heterocycles. The summed E-state index contributed by atoms with van der Waals surface area (Å²) in [5.41, 5.74) is 0. The van der Waals surface area contributed by atoms with Gasteiger partial charge in [-0.2, -0.15) is 0 Å². The van der Waals surface area contributed by atoms with Gasteiger partial charge in [0.2, 0.25) is 0 Å². The van der Waals surface area contributed by atoms with Crippen molar-refractivity contribution in [3.8, 4) is 0 Å². The third kappa shape index (κ3) is 2.73. The highest BCUT2D eigenvalue weighted by Gasteiger charge is 2.29. The van der Waals surface area contributed by atoms with Crippen LogP contribution in [0, 0.1) is 11.8 Å². The van der Waals surface area contributed by atoms with E-state index in [9.17, 15) is 0 Å². The topological polar surface area (TPSA) is 3.24 Å². The van der Waals surface area contributed by atoms with Crippen molar-refractivity contribution in [3.63, 3.8) is 0 Å². The molecule has 2 rings (SSSR count). The first-order valence-corrected chi connectivity index (χ1v) is 6.55. The monoisotopic (exact) mass is 195 g/mol. The average molecular weight is 195 g/mol. The van der Waals surface area contributed by atoms with Gasteiger partial charge in [-0.05, 0) is 31.7 Å². The first kappa shape index (κ1) is 10.5. The summed E-state index contributed by atoms with van der Waals surface area (Å²) in [4.78, 5) is 2.55. The van der Waals surface area contributed by atoms with Crippen LogP contribution in [0.3, 0.4) is 0 Å². The lowest BCUT2D eigenvalue weighted by atomic mass is 9.85. The van der Waals surface area contributed by atoms with Crippen LogP contribution in [0.25, 0.3) is 0 Å². The van der Waals surface area contributed by atoms with Crippen LogP contribution in [0.5, 0.6) is 0 Å². The van der Waals surface area contributed by atoms with Gasteiger partial charge in [0.05, 0.1) is 0 Å². The summed E-state index contributed by atoms with van der Waals surface area (Å²) < 4.78 is 0. The fourth-order valence-corrected chi connectivity index (χ4v) is 3.35. The summed E-state index contributed by atoms with van der Waals surface area (Å²) in [6.07, 6.45) is 12.0. The summed E-state index contributed by atoms with van der Waals surface area (Å²) in [5, 5.41) is 0. The predicted octanol–water partition coefficient (Wildman–Crippen LogP) is 3.30. The second-order valence-electron chi connectivity index (χ2n) is 5.44. The summed E-state index contributed by atoms with van der Waals surface area (Å²) >= 11 is 0. The Bertz CT molecular complexity index is 149. The van der Waals surface area contributed by atoms with E-state index in [1.165, 1.54) is 64.5 Å². The normalized spacial score (nSPS) is 36.6. The molecule has 82 valence electrons. The molecule has 0 amide bonds. The van der Waals surface area contributed by atoms with E-state index < -0.39 is 0 Å². The lowest BCUT2D eigenvalue weighted by molar-refractivity contribution is 0.335. The van der Waals surface area contributed by atoms with E-state index in [1.54, 1.807) is 0 Å². The molecule has 0 aromatic carbocycles. The van der Waals surface area contributed by atoms with Crippen molar-refractivity contribution in [2.75, 3.05) is 20.1 Å². The Morgan fingerprint density at radius 1 is 0.714 bits per heavy atom. The molecule has 2 aliphatic rings. The van der Waals surface area contributed by atoms with Crippen molar-refractivity contribution in [1.29, 1.82) is 0 Å². The molecule has 0 bridgehead atoms. The molecular formula is C13H25N. The maximum Gasteiger partial charge on any atom is 0.000985 e. The van der Waals surface area contributed by atoms with Crippen LogP contribution in [0.2, 0.25) is 0 Å². The van der Waals surface area contributed by atoms with Gasteiger partial charge in [0.15, 0.2) is 0 Å². The maximum absolute atomic E-state index is 2.55. The zero-order valence-corrected chi connectivity index (χ0v) is 9.67. The highest BCUT2D eigenvalue weighted by molar-refractivity contribution is 4.82. The molecule has 1 nitrogen and oxygen atoms in total. The van der Waals surface area contributed by atoms with Gasteiger partial charge < -0.3 is 4.90 Å². The third-order valence-corrected chi connectivity index (χ3v) is 4.16. The fourth-order valence-electron chi connectivity index (χ4n) is 3.35. The minimum atomic E-state index is 1.04. The van der Waals surface area contributed by atoms with E-state index in [0.717, 1.165) is 11.8 Å². The first-order chi connectivity index (χ1) is 6.86. The Morgan fingerprint density at radius 2 is 1.14 bits per heavy atom. The van der Waals surface area contributed by atoms with Crippen molar-refractivity contribution in [3.05, 3.63) is 0 Å². The van der Waals surface area contributed by atoms with Crippen molar-refractivity contribution in [2.45, 2.75) is 51.4 Å². The van der Waals surface area contributed by atoms with Crippen LogP contribution in [0.4, 0.5) is 0 Å². The third-order valence-electron chi connectivity index (χ3n) is 4.16. The molecule has 1 saturated carbocycles. The molecule has 1 heteroatoms. The Kier molecular flexibility index (Phi) is 3.86. The van der Waals surface area contributed by atoms with Gasteiger partial charge in [0, 0.05) is 13.1 Å². The summed E-state index contributed by atoms with van der Waals surface area (Å²) in [6, 6.07) is 0. The number of hydrogen-bond donors (Lipinski definition) is 0. The standard InChI is InChI=1S/C13H25N/c1-14-10-12-8-6-4-2-3-5-7-9-13(12)11-14/h12-13H,2-11H2,1H3. The lowest BCUT2D eigenvalue weighted by Gasteiger charge is -2.19. The van der Waals surface area contributed by atoms with E-state index in [-0.39, 0.29) is 0 Å². The van der Waals surface area contributed by atoms with E-state index >= 15 is 0 Å². The van der Waals surface area contributed by atoms with Crippen molar-refractivity contribution < 1.29 is 0 Å². The molecule has 0 spiro atoms. The second-order valence-corrected chi connectivity index (χ2v) is 5.44. The van der Waals surface area contributed by atoms with E-state index in [2.05, 4.69) is 11.9 Å². The number of fused-ring (bicyclic) bond motifs is 1. The largest absolute Gasteiger partial charge is 0.306 e. The summed E-state index contributed by atoms with van der Waals surface area (Å²) in [6.45, 7) is 2.76. The van der Waals surface area contributed by atoms with Gasteiger partial charge in [-0.25, -0.2) is 0 Å². The van der Waals surface area contributed by atoms with Gasteiger partial charge in [0.1, 0.15) is 0 Å². The lowest BCUT2D eigenvalue weighted by Crippen LogP contribution is -2.13.